The highest BCUT2D eigenvalue weighted by molar-refractivity contribution is 6.01. The van der Waals surface area contributed by atoms with Crippen LogP contribution in [0.15, 0.2) is 27.4 Å². The van der Waals surface area contributed by atoms with Crippen LogP contribution in [-0.4, -0.2) is 126 Å². The van der Waals surface area contributed by atoms with E-state index in [1.165, 1.54) is 39.5 Å². The lowest BCUT2D eigenvalue weighted by Gasteiger charge is -2.41. The van der Waals surface area contributed by atoms with E-state index in [-0.39, 0.29) is 51.5 Å². The van der Waals surface area contributed by atoms with E-state index in [1.54, 1.807) is 0 Å². The van der Waals surface area contributed by atoms with Crippen LogP contribution in [0.25, 0.3) is 21.9 Å². The second-order valence-electron chi connectivity index (χ2n) is 9.95. The average Bonchev–Trinajstić information content (AvgIpc) is 3.00. The van der Waals surface area contributed by atoms with Crippen LogP contribution in [0.1, 0.15) is 0 Å². The second kappa shape index (κ2) is 12.3. The number of ether oxygens (including phenoxy) is 7. The first-order valence-electron chi connectivity index (χ1n) is 13.1. The Morgan fingerprint density at radius 1 is 0.791 bits per heavy atom. The fraction of sp³-hybridized carbons (Fsp3) is 0.519. The Morgan fingerprint density at radius 2 is 1.47 bits per heavy atom. The van der Waals surface area contributed by atoms with Gasteiger partial charge in [-0.25, -0.2) is 0 Å². The summed E-state index contributed by atoms with van der Waals surface area (Å²) in [6.45, 7) is -0.846. The normalized spacial score (nSPS) is 31.2. The summed E-state index contributed by atoms with van der Waals surface area (Å²) < 4.78 is 44.0. The first-order chi connectivity index (χ1) is 20.5. The molecule has 2 saturated heterocycles. The van der Waals surface area contributed by atoms with Gasteiger partial charge in [0.05, 0.1) is 34.5 Å². The molecule has 9 atom stereocenters. The average molecular weight is 613 g/mol. The molecule has 43 heavy (non-hydrogen) atoms. The van der Waals surface area contributed by atoms with Gasteiger partial charge >= 0.3 is 0 Å². The molecule has 0 bridgehead atoms. The molecule has 2 aliphatic rings. The van der Waals surface area contributed by atoms with Gasteiger partial charge in [-0.3, -0.25) is 4.79 Å². The van der Waals surface area contributed by atoms with Gasteiger partial charge < -0.3 is 73.3 Å². The fourth-order valence-corrected chi connectivity index (χ4v) is 5.01. The van der Waals surface area contributed by atoms with Gasteiger partial charge in [-0.15, -0.1) is 0 Å². The number of aliphatic hydroxyl groups is 6. The van der Waals surface area contributed by atoms with Crippen LogP contribution in [0.4, 0.5) is 0 Å². The molecule has 2 aromatic carbocycles. The summed E-state index contributed by atoms with van der Waals surface area (Å²) in [6, 6.07) is 3.90. The number of hydrogen-bond donors (Lipinski definition) is 7. The van der Waals surface area contributed by atoms with E-state index in [0.717, 1.165) is 0 Å². The van der Waals surface area contributed by atoms with E-state index >= 15 is 0 Å². The van der Waals surface area contributed by atoms with E-state index in [2.05, 4.69) is 0 Å². The summed E-state index contributed by atoms with van der Waals surface area (Å²) >= 11 is 0. The predicted octanol–water partition coefficient (Wildman–Crippen LogP) is -1.68. The minimum atomic E-state index is -1.82. The van der Waals surface area contributed by atoms with Gasteiger partial charge in [0, 0.05) is 6.07 Å². The van der Waals surface area contributed by atoms with Gasteiger partial charge in [-0.05, 0) is 12.1 Å². The van der Waals surface area contributed by atoms with Crippen molar-refractivity contribution >= 4 is 21.9 Å². The van der Waals surface area contributed by atoms with E-state index in [1.807, 2.05) is 0 Å². The molecule has 1 aromatic heterocycles. The molecule has 3 heterocycles. The molecule has 236 valence electrons. The van der Waals surface area contributed by atoms with Crippen LogP contribution in [0, 0.1) is 0 Å². The highest BCUT2D eigenvalue weighted by Crippen LogP contribution is 2.43. The highest BCUT2D eigenvalue weighted by atomic mass is 16.7. The number of rotatable bonds is 8. The van der Waals surface area contributed by atoms with Gasteiger partial charge in [0.2, 0.25) is 17.5 Å². The molecular weight excluding hydrogens is 580 g/mol. The van der Waals surface area contributed by atoms with Gasteiger partial charge in [-0.1, -0.05) is 0 Å². The first kappa shape index (κ1) is 31.0. The Hall–Kier alpha value is -3.45. The topological polar surface area (TPSA) is 236 Å². The van der Waals surface area contributed by atoms with Crippen molar-refractivity contribution in [3.63, 3.8) is 0 Å². The summed E-state index contributed by atoms with van der Waals surface area (Å²) in [7, 11) is 4.00. The van der Waals surface area contributed by atoms with E-state index < -0.39 is 73.1 Å². The number of methoxy groups -OCH3 is 3. The Kier molecular flexibility index (Phi) is 8.85. The zero-order valence-corrected chi connectivity index (χ0v) is 23.1. The number of aromatic hydroxyl groups is 1. The molecule has 0 spiro atoms. The molecular formula is C27H32O16. The summed E-state index contributed by atoms with van der Waals surface area (Å²) in [4.78, 5) is 13.8. The minimum absolute atomic E-state index is 0.0303. The smallest absolute Gasteiger partial charge is 0.229 e. The third kappa shape index (κ3) is 5.41. The summed E-state index contributed by atoms with van der Waals surface area (Å²) in [5.74, 6) is -0.445. The molecule has 2 fully saturated rings. The molecule has 3 aromatic rings. The molecule has 5 rings (SSSR count). The Bertz CT molecular complexity index is 1520. The molecule has 0 radical (unpaired) electrons. The third-order valence-corrected chi connectivity index (χ3v) is 7.36. The van der Waals surface area contributed by atoms with Crippen LogP contribution in [-0.2, 0) is 14.2 Å². The first-order valence-corrected chi connectivity index (χ1v) is 13.1. The largest absolute Gasteiger partial charge is 0.507 e. The lowest BCUT2D eigenvalue weighted by Crippen LogP contribution is -2.61. The number of hydrogen-bond acceptors (Lipinski definition) is 16. The van der Waals surface area contributed by atoms with Crippen molar-refractivity contribution in [1.82, 2.24) is 0 Å². The summed E-state index contributed by atoms with van der Waals surface area (Å²) in [6.07, 6.45) is -14.3. The second-order valence-corrected chi connectivity index (χ2v) is 9.95. The standard InChI is InChI=1S/C27H32O16/c1-36-12-5-4-11(16-19(32)15-9(28)6-13(37-2)24(38-3)25(15)43-23(12)16)41-27-22(35)20(33)18(31)14(42-27)8-40-26-21(34)17(30)10(29)7-39-26/h4-6,10,14,17-18,20-22,26-31,33-35H,7-8H2,1-3H3/t10-,14+,17+,18+,20+,21-,22+,26-,27+/m1/s1. The number of phenols is 1. The van der Waals surface area contributed by atoms with Crippen LogP contribution in [0.2, 0.25) is 0 Å². The Balaban J connectivity index is 1.49. The summed E-state index contributed by atoms with van der Waals surface area (Å²) in [5, 5.41) is 71.5. The molecule has 0 amide bonds. The maximum absolute atomic E-state index is 13.8. The lowest BCUT2D eigenvalue weighted by atomic mass is 9.99. The third-order valence-electron chi connectivity index (χ3n) is 7.36. The highest BCUT2D eigenvalue weighted by Gasteiger charge is 2.46. The van der Waals surface area contributed by atoms with Crippen molar-refractivity contribution in [3.8, 4) is 28.7 Å². The van der Waals surface area contributed by atoms with Crippen LogP contribution in [0.5, 0.6) is 28.7 Å². The van der Waals surface area contributed by atoms with E-state index in [0.29, 0.717) is 0 Å². The molecule has 16 nitrogen and oxygen atoms in total. The maximum atomic E-state index is 13.8. The van der Waals surface area contributed by atoms with Crippen molar-refractivity contribution in [2.24, 2.45) is 0 Å². The van der Waals surface area contributed by atoms with Gasteiger partial charge in [-0.2, -0.15) is 0 Å². The molecule has 2 aliphatic heterocycles. The van der Waals surface area contributed by atoms with Crippen molar-refractivity contribution < 1.29 is 73.3 Å². The van der Waals surface area contributed by atoms with Crippen molar-refractivity contribution in [1.29, 1.82) is 0 Å². The van der Waals surface area contributed by atoms with Crippen LogP contribution in [0.3, 0.4) is 0 Å². The van der Waals surface area contributed by atoms with Crippen molar-refractivity contribution in [2.45, 2.75) is 55.3 Å². The maximum Gasteiger partial charge on any atom is 0.229 e. The SMILES string of the molecule is COc1cc(O)c2c(=O)c3c(O[C@H]4O[C@@H](CO[C@H]5OC[C@@H](O)[C@H](O)[C@H]5O)[C@H](O)[C@H](O)[C@@H]4O)ccc(OC)c3oc2c1OC. The van der Waals surface area contributed by atoms with Crippen molar-refractivity contribution in [2.75, 3.05) is 34.5 Å². The quantitative estimate of drug-likeness (QED) is 0.141. The summed E-state index contributed by atoms with van der Waals surface area (Å²) in [5.41, 5.74) is -1.02. The van der Waals surface area contributed by atoms with E-state index in [4.69, 9.17) is 37.6 Å². The molecule has 0 saturated carbocycles. The van der Waals surface area contributed by atoms with Crippen molar-refractivity contribution in [3.05, 3.63) is 28.4 Å². The van der Waals surface area contributed by atoms with Gasteiger partial charge in [0.25, 0.3) is 0 Å². The fourth-order valence-electron chi connectivity index (χ4n) is 5.01. The number of fused-ring (bicyclic) bond motifs is 2. The van der Waals surface area contributed by atoms with Crippen LogP contribution < -0.4 is 24.4 Å². The molecule has 0 aliphatic carbocycles. The van der Waals surface area contributed by atoms with Crippen LogP contribution >= 0.6 is 0 Å². The Morgan fingerprint density at radius 3 is 2.14 bits per heavy atom. The number of phenolic OH excluding ortho intramolecular Hbond substituents is 1. The Labute approximate surface area is 242 Å². The monoisotopic (exact) mass is 612 g/mol. The predicted molar refractivity (Wildman–Crippen MR) is 142 cm³/mol. The molecule has 16 heteroatoms. The minimum Gasteiger partial charge on any atom is -0.507 e. The molecule has 7 N–H and O–H groups in total. The van der Waals surface area contributed by atoms with Gasteiger partial charge in [0.1, 0.15) is 65.0 Å². The molecule has 0 unspecified atom stereocenters. The number of aliphatic hydroxyl groups excluding tert-OH is 6. The zero-order chi connectivity index (χ0) is 31.2. The zero-order valence-electron chi connectivity index (χ0n) is 23.1. The lowest BCUT2D eigenvalue weighted by molar-refractivity contribution is -0.307. The van der Waals surface area contributed by atoms with E-state index in [9.17, 15) is 40.5 Å². The van der Waals surface area contributed by atoms with Gasteiger partial charge in [0.15, 0.2) is 29.0 Å². The number of benzene rings is 2.